The van der Waals surface area contributed by atoms with E-state index in [4.69, 9.17) is 4.74 Å². The van der Waals surface area contributed by atoms with Gasteiger partial charge < -0.3 is 25.2 Å². The van der Waals surface area contributed by atoms with E-state index in [0.717, 1.165) is 38.2 Å². The third kappa shape index (κ3) is 4.61. The maximum atomic E-state index is 15.0. The normalized spacial score (nSPS) is 15.7. The Morgan fingerprint density at radius 2 is 1.89 bits per heavy atom. The predicted octanol–water partition coefficient (Wildman–Crippen LogP) is 4.09. The zero-order valence-corrected chi connectivity index (χ0v) is 19.7. The van der Waals surface area contributed by atoms with Gasteiger partial charge in [0.05, 0.1) is 23.8 Å². The van der Waals surface area contributed by atoms with Crippen molar-refractivity contribution in [2.45, 2.75) is 19.9 Å². The summed E-state index contributed by atoms with van der Waals surface area (Å²) in [6.07, 6.45) is 2.76. The van der Waals surface area contributed by atoms with Gasteiger partial charge in [-0.3, -0.25) is 0 Å². The van der Waals surface area contributed by atoms with Crippen LogP contribution < -0.4 is 25.2 Å². The van der Waals surface area contributed by atoms with E-state index in [1.54, 1.807) is 12.3 Å². The summed E-state index contributed by atoms with van der Waals surface area (Å²) < 4.78 is 35.3. The standard InChI is InChI=1S/C25H27F2N7O/c1-15(2)34-16(3)14-35-24-19(26)10-17(11-21(24)34)23-20(27)13-30-25(32-23)31-18-4-5-22(29-12-18)33-8-6-28-7-9-33/h4-5,10-13,15,28H,3,6-9,14H2,1-2H3,(H,30,31,32). The molecule has 35 heavy (non-hydrogen) atoms. The molecule has 0 saturated carbocycles. The average Bonchev–Trinajstić information content (AvgIpc) is 2.85. The van der Waals surface area contributed by atoms with Crippen molar-refractivity contribution in [1.82, 2.24) is 20.3 Å². The number of rotatable bonds is 5. The Morgan fingerprint density at radius 3 is 2.60 bits per heavy atom. The minimum Gasteiger partial charge on any atom is -0.482 e. The Labute approximate surface area is 202 Å². The third-order valence-electron chi connectivity index (χ3n) is 5.99. The van der Waals surface area contributed by atoms with Crippen LogP contribution in [-0.4, -0.2) is 53.8 Å². The zero-order valence-electron chi connectivity index (χ0n) is 19.7. The Morgan fingerprint density at radius 1 is 1.09 bits per heavy atom. The first-order valence-corrected chi connectivity index (χ1v) is 11.6. The number of pyridine rings is 1. The number of piperazine rings is 1. The molecule has 0 atom stereocenters. The molecule has 8 nitrogen and oxygen atoms in total. The van der Waals surface area contributed by atoms with Gasteiger partial charge in [-0.15, -0.1) is 0 Å². The molecule has 3 aromatic rings. The van der Waals surface area contributed by atoms with Crippen molar-refractivity contribution in [2.75, 3.05) is 47.9 Å². The first-order valence-electron chi connectivity index (χ1n) is 11.6. The number of ether oxygens (including phenoxy) is 1. The molecule has 2 aliphatic rings. The maximum Gasteiger partial charge on any atom is 0.227 e. The molecule has 0 unspecified atom stereocenters. The largest absolute Gasteiger partial charge is 0.482 e. The van der Waals surface area contributed by atoms with Gasteiger partial charge in [-0.1, -0.05) is 6.58 Å². The van der Waals surface area contributed by atoms with Crippen LogP contribution in [0.2, 0.25) is 0 Å². The number of nitrogens with zero attached hydrogens (tertiary/aromatic N) is 5. The van der Waals surface area contributed by atoms with Crippen LogP contribution in [0.1, 0.15) is 13.8 Å². The molecule has 5 rings (SSSR count). The highest BCUT2D eigenvalue weighted by Gasteiger charge is 2.28. The number of hydrogen-bond acceptors (Lipinski definition) is 8. The van der Waals surface area contributed by atoms with E-state index in [1.165, 1.54) is 6.07 Å². The SMILES string of the molecule is C=C1COc2c(F)cc(-c3nc(Nc4ccc(N5CCNCC5)nc4)ncc3F)cc2N1C(C)C. The number of hydrogen-bond donors (Lipinski definition) is 2. The summed E-state index contributed by atoms with van der Waals surface area (Å²) in [5.41, 5.74) is 2.11. The van der Waals surface area contributed by atoms with E-state index in [9.17, 15) is 8.78 Å². The topological polar surface area (TPSA) is 78.4 Å². The van der Waals surface area contributed by atoms with Crippen molar-refractivity contribution < 1.29 is 13.5 Å². The van der Waals surface area contributed by atoms with E-state index < -0.39 is 11.6 Å². The lowest BCUT2D eigenvalue weighted by Crippen LogP contribution is -2.43. The molecule has 0 spiro atoms. The average molecular weight is 480 g/mol. The van der Waals surface area contributed by atoms with E-state index >= 15 is 0 Å². The Kier molecular flexibility index (Phi) is 6.21. The van der Waals surface area contributed by atoms with Gasteiger partial charge in [-0.2, -0.15) is 0 Å². The Bertz CT molecular complexity index is 1240. The van der Waals surface area contributed by atoms with Crippen molar-refractivity contribution in [3.63, 3.8) is 0 Å². The molecule has 0 radical (unpaired) electrons. The van der Waals surface area contributed by atoms with Crippen LogP contribution in [0.5, 0.6) is 5.75 Å². The monoisotopic (exact) mass is 479 g/mol. The molecule has 0 aliphatic carbocycles. The van der Waals surface area contributed by atoms with Gasteiger partial charge in [0, 0.05) is 43.5 Å². The molecular weight excluding hydrogens is 452 g/mol. The van der Waals surface area contributed by atoms with Crippen LogP contribution in [0.15, 0.2) is 48.9 Å². The summed E-state index contributed by atoms with van der Waals surface area (Å²) in [5.74, 6) is -0.0543. The van der Waals surface area contributed by atoms with E-state index in [0.29, 0.717) is 17.1 Å². The van der Waals surface area contributed by atoms with E-state index in [2.05, 4.69) is 37.1 Å². The minimum absolute atomic E-state index is 0.0175. The highest BCUT2D eigenvalue weighted by molar-refractivity contribution is 5.75. The first kappa shape index (κ1) is 23.0. The second-order valence-corrected chi connectivity index (χ2v) is 8.78. The van der Waals surface area contributed by atoms with E-state index in [1.807, 2.05) is 30.9 Å². The number of fused-ring (bicyclic) bond motifs is 1. The molecule has 4 heterocycles. The fraction of sp³-hybridized carbons (Fsp3) is 0.320. The highest BCUT2D eigenvalue weighted by Crippen LogP contribution is 2.41. The summed E-state index contributed by atoms with van der Waals surface area (Å²) in [6, 6.07) is 6.71. The molecule has 0 bridgehead atoms. The second kappa shape index (κ2) is 9.46. The molecule has 1 aromatic carbocycles. The van der Waals surface area contributed by atoms with Gasteiger partial charge in [0.15, 0.2) is 17.4 Å². The van der Waals surface area contributed by atoms with E-state index in [-0.39, 0.29) is 35.6 Å². The molecule has 182 valence electrons. The van der Waals surface area contributed by atoms with Crippen LogP contribution in [0, 0.1) is 11.6 Å². The molecule has 2 aromatic heterocycles. The van der Waals surface area contributed by atoms with Crippen LogP contribution in [0.3, 0.4) is 0 Å². The summed E-state index contributed by atoms with van der Waals surface area (Å²) >= 11 is 0. The number of nitrogens with one attached hydrogen (secondary N) is 2. The molecule has 0 amide bonds. The molecule has 1 fully saturated rings. The van der Waals surface area contributed by atoms with Crippen LogP contribution in [0.25, 0.3) is 11.3 Å². The lowest BCUT2D eigenvalue weighted by Gasteiger charge is -2.36. The van der Waals surface area contributed by atoms with Crippen molar-refractivity contribution in [3.05, 3.63) is 60.6 Å². The van der Waals surface area contributed by atoms with Gasteiger partial charge >= 0.3 is 0 Å². The first-order chi connectivity index (χ1) is 16.9. The van der Waals surface area contributed by atoms with Gasteiger partial charge in [-0.05, 0) is 38.1 Å². The molecule has 1 saturated heterocycles. The molecule has 10 heteroatoms. The third-order valence-corrected chi connectivity index (χ3v) is 5.99. The summed E-state index contributed by atoms with van der Waals surface area (Å²) in [4.78, 5) is 17.0. The summed E-state index contributed by atoms with van der Waals surface area (Å²) in [7, 11) is 0. The lowest BCUT2D eigenvalue weighted by molar-refractivity contribution is 0.314. The van der Waals surface area contributed by atoms with Crippen molar-refractivity contribution in [2.24, 2.45) is 0 Å². The zero-order chi connectivity index (χ0) is 24.5. The minimum atomic E-state index is -0.659. The maximum absolute atomic E-state index is 15.0. The second-order valence-electron chi connectivity index (χ2n) is 8.78. The summed E-state index contributed by atoms with van der Waals surface area (Å²) in [5, 5.41) is 6.37. The van der Waals surface area contributed by atoms with Crippen LogP contribution in [-0.2, 0) is 0 Å². The summed E-state index contributed by atoms with van der Waals surface area (Å²) in [6.45, 7) is 11.8. The fourth-order valence-corrected chi connectivity index (χ4v) is 4.38. The van der Waals surface area contributed by atoms with Crippen molar-refractivity contribution in [1.29, 1.82) is 0 Å². The van der Waals surface area contributed by atoms with Crippen LogP contribution >= 0.6 is 0 Å². The quantitative estimate of drug-likeness (QED) is 0.567. The number of anilines is 4. The van der Waals surface area contributed by atoms with Gasteiger partial charge in [0.1, 0.15) is 18.1 Å². The lowest BCUT2D eigenvalue weighted by atomic mass is 10.1. The van der Waals surface area contributed by atoms with Gasteiger partial charge in [0.25, 0.3) is 0 Å². The fourth-order valence-electron chi connectivity index (χ4n) is 4.38. The van der Waals surface area contributed by atoms with Crippen molar-refractivity contribution >= 4 is 23.1 Å². The number of benzene rings is 1. The Balaban J connectivity index is 1.43. The molecular formula is C25H27F2N7O. The Hall–Kier alpha value is -3.79. The predicted molar refractivity (Wildman–Crippen MR) is 132 cm³/mol. The smallest absolute Gasteiger partial charge is 0.227 e. The van der Waals surface area contributed by atoms with Gasteiger partial charge in [-0.25, -0.2) is 23.7 Å². The number of halogens is 2. The number of aromatic nitrogens is 3. The van der Waals surface area contributed by atoms with Crippen molar-refractivity contribution in [3.8, 4) is 17.0 Å². The highest BCUT2D eigenvalue weighted by atomic mass is 19.1. The van der Waals surface area contributed by atoms with Gasteiger partial charge in [0.2, 0.25) is 5.95 Å². The van der Waals surface area contributed by atoms with Crippen LogP contribution in [0.4, 0.5) is 31.9 Å². The molecule has 2 N–H and O–H groups in total. The molecule has 2 aliphatic heterocycles.